The minimum Gasteiger partial charge on any atom is -0.505 e. The van der Waals surface area contributed by atoms with Gasteiger partial charge in [0.25, 0.3) is 6.43 Å². The number of nitrogens with zero attached hydrogens (tertiary/aromatic N) is 1. The van der Waals surface area contributed by atoms with E-state index in [9.17, 15) is 18.7 Å². The molecule has 0 bridgehead atoms. The van der Waals surface area contributed by atoms with E-state index in [0.717, 1.165) is 0 Å². The Morgan fingerprint density at radius 2 is 2.20 bits per heavy atom. The molecule has 0 aromatic carbocycles. The van der Waals surface area contributed by atoms with Gasteiger partial charge in [-0.15, -0.1) is 0 Å². The van der Waals surface area contributed by atoms with Gasteiger partial charge in [0.15, 0.2) is 11.4 Å². The van der Waals surface area contributed by atoms with Gasteiger partial charge in [0.1, 0.15) is 0 Å². The SMILES string of the molecule is NCc1c(C(F)F)cnc(C(=O)O)c1O. The number of hydrogen-bond donors (Lipinski definition) is 3. The summed E-state index contributed by atoms with van der Waals surface area (Å²) in [5.41, 5.74) is 3.61. The van der Waals surface area contributed by atoms with Gasteiger partial charge in [0, 0.05) is 23.9 Å². The molecule has 1 aromatic rings. The highest BCUT2D eigenvalue weighted by Gasteiger charge is 2.21. The van der Waals surface area contributed by atoms with Crippen LogP contribution < -0.4 is 5.73 Å². The summed E-state index contributed by atoms with van der Waals surface area (Å²) in [4.78, 5) is 13.7. The molecule has 7 heteroatoms. The van der Waals surface area contributed by atoms with E-state index in [4.69, 9.17) is 10.8 Å². The van der Waals surface area contributed by atoms with Gasteiger partial charge < -0.3 is 15.9 Å². The Bertz CT molecular complexity index is 396. The van der Waals surface area contributed by atoms with E-state index in [-0.39, 0.29) is 12.1 Å². The number of aromatic nitrogens is 1. The highest BCUT2D eigenvalue weighted by molar-refractivity contribution is 5.89. The van der Waals surface area contributed by atoms with E-state index in [1.807, 2.05) is 0 Å². The maximum atomic E-state index is 12.4. The van der Waals surface area contributed by atoms with E-state index in [1.165, 1.54) is 0 Å². The molecule has 0 spiro atoms. The topological polar surface area (TPSA) is 96.4 Å². The largest absolute Gasteiger partial charge is 0.505 e. The van der Waals surface area contributed by atoms with Gasteiger partial charge in [-0.3, -0.25) is 0 Å². The van der Waals surface area contributed by atoms with Crippen LogP contribution in [0.5, 0.6) is 5.75 Å². The van der Waals surface area contributed by atoms with Gasteiger partial charge in [0.05, 0.1) is 0 Å². The zero-order valence-corrected chi connectivity index (χ0v) is 7.44. The maximum absolute atomic E-state index is 12.4. The molecule has 5 nitrogen and oxygen atoms in total. The van der Waals surface area contributed by atoms with Crippen LogP contribution >= 0.6 is 0 Å². The van der Waals surface area contributed by atoms with Crippen molar-refractivity contribution in [1.82, 2.24) is 4.98 Å². The molecule has 1 aromatic heterocycles. The van der Waals surface area contributed by atoms with E-state index in [1.54, 1.807) is 0 Å². The lowest BCUT2D eigenvalue weighted by Gasteiger charge is -2.09. The van der Waals surface area contributed by atoms with Crippen molar-refractivity contribution in [2.75, 3.05) is 0 Å². The van der Waals surface area contributed by atoms with Crippen molar-refractivity contribution in [3.8, 4) is 5.75 Å². The molecule has 1 heterocycles. The third-order valence-corrected chi connectivity index (χ3v) is 1.83. The van der Waals surface area contributed by atoms with E-state index >= 15 is 0 Å². The molecule has 1 rings (SSSR count). The fourth-order valence-electron chi connectivity index (χ4n) is 1.11. The average Bonchev–Trinajstić information content (AvgIpc) is 2.16. The first-order chi connectivity index (χ1) is 6.99. The molecular weight excluding hydrogens is 210 g/mol. The Labute approximate surface area is 83.2 Å². The summed E-state index contributed by atoms with van der Waals surface area (Å²) in [6.07, 6.45) is -2.15. The molecule has 0 unspecified atom stereocenters. The first kappa shape index (κ1) is 11.3. The molecule has 4 N–H and O–H groups in total. The molecule has 0 radical (unpaired) electrons. The molecule has 0 aliphatic rings. The summed E-state index contributed by atoms with van der Waals surface area (Å²) in [5, 5.41) is 17.9. The highest BCUT2D eigenvalue weighted by Crippen LogP contribution is 2.30. The fourth-order valence-corrected chi connectivity index (χ4v) is 1.11. The van der Waals surface area contributed by atoms with Crippen LogP contribution in [0.2, 0.25) is 0 Å². The second-order valence-corrected chi connectivity index (χ2v) is 2.70. The summed E-state index contributed by atoms with van der Waals surface area (Å²) in [6.45, 7) is -0.381. The van der Waals surface area contributed by atoms with Crippen molar-refractivity contribution in [2.45, 2.75) is 13.0 Å². The number of rotatable bonds is 3. The van der Waals surface area contributed by atoms with Crippen molar-refractivity contribution in [3.63, 3.8) is 0 Å². The Morgan fingerprint density at radius 1 is 1.60 bits per heavy atom. The molecule has 0 fully saturated rings. The molecule has 0 saturated carbocycles. The van der Waals surface area contributed by atoms with Gasteiger partial charge in [-0.1, -0.05) is 0 Å². The van der Waals surface area contributed by atoms with Crippen LogP contribution in [0.15, 0.2) is 6.20 Å². The van der Waals surface area contributed by atoms with E-state index in [2.05, 4.69) is 4.98 Å². The number of aromatic carboxylic acids is 1. The lowest BCUT2D eigenvalue weighted by Crippen LogP contribution is -2.09. The minimum atomic E-state index is -2.86. The Hall–Kier alpha value is -1.76. The third kappa shape index (κ3) is 2.01. The number of carbonyl (C=O) groups is 1. The summed E-state index contributed by atoms with van der Waals surface area (Å²) in [6, 6.07) is 0. The summed E-state index contributed by atoms with van der Waals surface area (Å²) >= 11 is 0. The van der Waals surface area contributed by atoms with Crippen molar-refractivity contribution in [3.05, 3.63) is 23.0 Å². The van der Waals surface area contributed by atoms with Gasteiger partial charge >= 0.3 is 5.97 Å². The zero-order chi connectivity index (χ0) is 11.6. The summed E-state index contributed by atoms with van der Waals surface area (Å²) in [5.74, 6) is -2.30. The first-order valence-corrected chi connectivity index (χ1v) is 3.91. The normalized spacial score (nSPS) is 10.7. The van der Waals surface area contributed by atoms with E-state index < -0.39 is 29.4 Å². The van der Waals surface area contributed by atoms with Gasteiger partial charge in [0.2, 0.25) is 0 Å². The molecule has 0 amide bonds. The zero-order valence-electron chi connectivity index (χ0n) is 7.44. The van der Waals surface area contributed by atoms with Gasteiger partial charge in [-0.2, -0.15) is 0 Å². The van der Waals surface area contributed by atoms with Crippen LogP contribution in [0.3, 0.4) is 0 Å². The lowest BCUT2D eigenvalue weighted by molar-refractivity contribution is 0.0685. The molecule has 15 heavy (non-hydrogen) atoms. The standard InChI is InChI=1S/C8H8F2N2O3/c9-7(10)4-2-12-5(8(14)15)6(13)3(4)1-11/h2,7,13H,1,11H2,(H,14,15). The van der Waals surface area contributed by atoms with Crippen LogP contribution in [-0.4, -0.2) is 21.2 Å². The van der Waals surface area contributed by atoms with Crippen LogP contribution in [0.25, 0.3) is 0 Å². The van der Waals surface area contributed by atoms with E-state index in [0.29, 0.717) is 6.20 Å². The predicted molar refractivity (Wildman–Crippen MR) is 45.7 cm³/mol. The van der Waals surface area contributed by atoms with Crippen molar-refractivity contribution < 1.29 is 23.8 Å². The lowest BCUT2D eigenvalue weighted by atomic mass is 10.1. The number of hydrogen-bond acceptors (Lipinski definition) is 4. The van der Waals surface area contributed by atoms with Crippen molar-refractivity contribution in [2.24, 2.45) is 5.73 Å². The minimum absolute atomic E-state index is 0.294. The third-order valence-electron chi connectivity index (χ3n) is 1.83. The predicted octanol–water partition coefficient (Wildman–Crippen LogP) is 0.882. The Balaban J connectivity index is 3.39. The van der Waals surface area contributed by atoms with Gasteiger partial charge in [-0.05, 0) is 0 Å². The monoisotopic (exact) mass is 218 g/mol. The van der Waals surface area contributed by atoms with Crippen LogP contribution in [0, 0.1) is 0 Å². The van der Waals surface area contributed by atoms with Crippen LogP contribution in [0.4, 0.5) is 8.78 Å². The fraction of sp³-hybridized carbons (Fsp3) is 0.250. The number of aromatic hydroxyl groups is 1. The highest BCUT2D eigenvalue weighted by atomic mass is 19.3. The van der Waals surface area contributed by atoms with Crippen molar-refractivity contribution in [1.29, 1.82) is 0 Å². The molecule has 0 atom stereocenters. The summed E-state index contributed by atoms with van der Waals surface area (Å²) < 4.78 is 24.7. The maximum Gasteiger partial charge on any atom is 0.358 e. The smallest absolute Gasteiger partial charge is 0.358 e. The first-order valence-electron chi connectivity index (χ1n) is 3.91. The number of nitrogens with two attached hydrogens (primary N) is 1. The molecule has 82 valence electrons. The second-order valence-electron chi connectivity index (χ2n) is 2.70. The number of alkyl halides is 2. The van der Waals surface area contributed by atoms with Gasteiger partial charge in [-0.25, -0.2) is 18.6 Å². The number of halogens is 2. The number of carboxylic acids is 1. The Kier molecular flexibility index (Phi) is 3.15. The average molecular weight is 218 g/mol. The quantitative estimate of drug-likeness (QED) is 0.699. The molecule has 0 aliphatic heterocycles. The Morgan fingerprint density at radius 3 is 2.60 bits per heavy atom. The molecule has 0 saturated heterocycles. The molecule has 0 aliphatic carbocycles. The van der Waals surface area contributed by atoms with Crippen LogP contribution in [-0.2, 0) is 6.54 Å². The van der Waals surface area contributed by atoms with Crippen molar-refractivity contribution >= 4 is 5.97 Å². The number of carboxylic acid groups (broad SMARTS) is 1. The molecular formula is C8H8F2N2O3. The van der Waals surface area contributed by atoms with Crippen LogP contribution in [0.1, 0.15) is 28.0 Å². The number of pyridine rings is 1. The second kappa shape index (κ2) is 4.18. The summed E-state index contributed by atoms with van der Waals surface area (Å²) in [7, 11) is 0.